The number of ether oxygens (including phenoxy) is 1. The monoisotopic (exact) mass is 548 g/mol. The number of aliphatic hydroxyl groups is 1. The number of hydrogen-bond acceptors (Lipinski definition) is 8. The lowest BCUT2D eigenvalue weighted by molar-refractivity contribution is 0.189. The van der Waals surface area contributed by atoms with Gasteiger partial charge in [0.25, 0.3) is 0 Å². The standard InChI is InChI=1S/C29H36N6O3S/c1-20(2)39(37)27-7-5-4-6-24(27)31-25-19-28(33-29-22(25)10-11-30-29)32-23-9-8-21(18-26(23)38-3)35-14-12-34(13-15-35)16-17-36/h4-11,18-20,36H,12-17H2,1-3H3,(H3,30,31,32,33). The van der Waals surface area contributed by atoms with Crippen molar-refractivity contribution >= 4 is 50.4 Å². The van der Waals surface area contributed by atoms with Gasteiger partial charge < -0.3 is 30.4 Å². The van der Waals surface area contributed by atoms with Gasteiger partial charge in [-0.2, -0.15) is 0 Å². The molecule has 1 unspecified atom stereocenters. The summed E-state index contributed by atoms with van der Waals surface area (Å²) in [6, 6.07) is 17.8. The third kappa shape index (κ3) is 6.03. The van der Waals surface area contributed by atoms with Crippen LogP contribution in [-0.4, -0.2) is 75.9 Å². The number of nitrogens with zero attached hydrogens (tertiary/aromatic N) is 3. The van der Waals surface area contributed by atoms with Gasteiger partial charge in [0.05, 0.1) is 46.5 Å². The number of anilines is 5. The van der Waals surface area contributed by atoms with Gasteiger partial charge in [0.15, 0.2) is 0 Å². The summed E-state index contributed by atoms with van der Waals surface area (Å²) in [7, 11) is 0.541. The molecule has 9 nitrogen and oxygen atoms in total. The highest BCUT2D eigenvalue weighted by Gasteiger charge is 2.19. The average Bonchev–Trinajstić information content (AvgIpc) is 3.43. The van der Waals surface area contributed by atoms with Crippen LogP contribution in [0, 0.1) is 0 Å². The fraction of sp³-hybridized carbons (Fsp3) is 0.345. The summed E-state index contributed by atoms with van der Waals surface area (Å²) < 4.78 is 18.7. The third-order valence-electron chi connectivity index (χ3n) is 6.93. The first-order chi connectivity index (χ1) is 19.0. The second kappa shape index (κ2) is 12.1. The Labute approximate surface area is 231 Å². The quantitative estimate of drug-likeness (QED) is 0.226. The van der Waals surface area contributed by atoms with E-state index in [0.29, 0.717) is 5.82 Å². The zero-order chi connectivity index (χ0) is 27.4. The van der Waals surface area contributed by atoms with Crippen LogP contribution in [0.2, 0.25) is 0 Å². The number of H-pyrrole nitrogens is 1. The lowest BCUT2D eigenvalue weighted by Gasteiger charge is -2.36. The zero-order valence-electron chi connectivity index (χ0n) is 22.6. The lowest BCUT2D eigenvalue weighted by atomic mass is 10.2. The molecule has 2 aromatic heterocycles. The number of aromatic nitrogens is 2. The Balaban J connectivity index is 1.40. The number of β-amino-alcohol motifs (C(OH)–C–C–N with tert-alkyl or cyclic N) is 1. The molecule has 10 heteroatoms. The van der Waals surface area contributed by atoms with Crippen LogP contribution >= 0.6 is 0 Å². The second-order valence-corrected chi connectivity index (χ2v) is 11.8. The van der Waals surface area contributed by atoms with Gasteiger partial charge in [0, 0.05) is 67.4 Å². The van der Waals surface area contributed by atoms with Crippen LogP contribution in [0.1, 0.15) is 13.8 Å². The first-order valence-electron chi connectivity index (χ1n) is 13.2. The fourth-order valence-corrected chi connectivity index (χ4v) is 5.89. The molecule has 0 spiro atoms. The molecule has 0 aliphatic carbocycles. The predicted molar refractivity (Wildman–Crippen MR) is 159 cm³/mol. The number of nitrogens with one attached hydrogen (secondary N) is 3. The van der Waals surface area contributed by atoms with Gasteiger partial charge in [-0.1, -0.05) is 26.0 Å². The van der Waals surface area contributed by atoms with E-state index in [1.165, 1.54) is 0 Å². The summed E-state index contributed by atoms with van der Waals surface area (Å²) in [6.07, 6.45) is 1.86. The van der Waals surface area contributed by atoms with Crippen molar-refractivity contribution in [1.29, 1.82) is 0 Å². The van der Waals surface area contributed by atoms with E-state index in [2.05, 4.69) is 31.5 Å². The van der Waals surface area contributed by atoms with Crippen LogP contribution in [0.5, 0.6) is 5.75 Å². The van der Waals surface area contributed by atoms with E-state index in [-0.39, 0.29) is 11.9 Å². The Morgan fingerprint density at radius 1 is 1.03 bits per heavy atom. The Kier molecular flexibility index (Phi) is 8.35. The van der Waals surface area contributed by atoms with Gasteiger partial charge >= 0.3 is 0 Å². The molecule has 206 valence electrons. The zero-order valence-corrected chi connectivity index (χ0v) is 23.4. The highest BCUT2D eigenvalue weighted by atomic mass is 32.2. The molecule has 2 aromatic carbocycles. The van der Waals surface area contributed by atoms with E-state index in [1.54, 1.807) is 7.11 Å². The molecule has 1 fully saturated rings. The summed E-state index contributed by atoms with van der Waals surface area (Å²) in [5.41, 5.74) is 4.32. The van der Waals surface area contributed by atoms with Gasteiger partial charge in [-0.05, 0) is 30.3 Å². The Hall–Kier alpha value is -3.60. The molecule has 4 aromatic rings. The number of para-hydroxylation sites is 1. The summed E-state index contributed by atoms with van der Waals surface area (Å²) in [5, 5.41) is 17.1. The van der Waals surface area contributed by atoms with E-state index in [0.717, 1.165) is 77.2 Å². The SMILES string of the molecule is COc1cc(N2CCN(CCO)CC2)ccc1Nc1cc(Nc2ccccc2S(=O)C(C)C)c2cc[nH]c2n1. The van der Waals surface area contributed by atoms with Crippen molar-refractivity contribution in [3.05, 3.63) is 60.8 Å². The third-order valence-corrected chi connectivity index (χ3v) is 8.58. The molecule has 39 heavy (non-hydrogen) atoms. The second-order valence-electron chi connectivity index (χ2n) is 9.82. The van der Waals surface area contributed by atoms with Crippen LogP contribution in [0.3, 0.4) is 0 Å². The molecule has 1 saturated heterocycles. The summed E-state index contributed by atoms with van der Waals surface area (Å²) in [4.78, 5) is 13.4. The van der Waals surface area contributed by atoms with E-state index in [4.69, 9.17) is 9.72 Å². The molecule has 5 rings (SSSR count). The number of fused-ring (bicyclic) bond motifs is 1. The summed E-state index contributed by atoms with van der Waals surface area (Å²) >= 11 is 0. The van der Waals surface area contributed by atoms with Crippen molar-refractivity contribution < 1.29 is 14.1 Å². The van der Waals surface area contributed by atoms with Gasteiger partial charge in [0.1, 0.15) is 17.2 Å². The molecule has 0 saturated carbocycles. The molecule has 0 amide bonds. The average molecular weight is 549 g/mol. The molecular formula is C29H36N6O3S. The molecule has 1 aliphatic rings. The van der Waals surface area contributed by atoms with Gasteiger partial charge in [0.2, 0.25) is 0 Å². The molecule has 1 atom stereocenters. The van der Waals surface area contributed by atoms with Crippen molar-refractivity contribution in [1.82, 2.24) is 14.9 Å². The molecule has 0 bridgehead atoms. The first kappa shape index (κ1) is 27.0. The topological polar surface area (TPSA) is 106 Å². The number of benzene rings is 2. The number of aromatic amines is 1. The van der Waals surface area contributed by atoms with Crippen LogP contribution in [-0.2, 0) is 10.8 Å². The number of rotatable bonds is 10. The minimum atomic E-state index is -1.13. The molecule has 4 N–H and O–H groups in total. The van der Waals surface area contributed by atoms with Crippen LogP contribution < -0.4 is 20.3 Å². The maximum atomic E-state index is 12.9. The number of hydrogen-bond donors (Lipinski definition) is 4. The van der Waals surface area contributed by atoms with Crippen LogP contribution in [0.15, 0.2) is 65.7 Å². The van der Waals surface area contributed by atoms with E-state index < -0.39 is 10.8 Å². The smallest absolute Gasteiger partial charge is 0.144 e. The maximum Gasteiger partial charge on any atom is 0.144 e. The first-order valence-corrected chi connectivity index (χ1v) is 14.5. The number of aliphatic hydroxyl groups excluding tert-OH is 1. The molecule has 1 aliphatic heterocycles. The number of methoxy groups -OCH3 is 1. The van der Waals surface area contributed by atoms with Gasteiger partial charge in [-0.3, -0.25) is 9.11 Å². The Morgan fingerprint density at radius 3 is 2.56 bits per heavy atom. The van der Waals surface area contributed by atoms with Gasteiger partial charge in [-0.25, -0.2) is 4.98 Å². The molecule has 0 radical (unpaired) electrons. The number of piperazine rings is 1. The summed E-state index contributed by atoms with van der Waals surface area (Å²) in [6.45, 7) is 8.48. The van der Waals surface area contributed by atoms with Crippen molar-refractivity contribution in [2.45, 2.75) is 24.0 Å². The number of pyridine rings is 1. The fourth-order valence-electron chi connectivity index (χ4n) is 4.84. The predicted octanol–water partition coefficient (Wildman–Crippen LogP) is 4.69. The van der Waals surface area contributed by atoms with Crippen LogP contribution in [0.4, 0.5) is 28.6 Å². The Morgan fingerprint density at radius 2 is 1.82 bits per heavy atom. The Bertz CT molecular complexity index is 1450. The largest absolute Gasteiger partial charge is 0.494 e. The van der Waals surface area contributed by atoms with Crippen molar-refractivity contribution in [3.63, 3.8) is 0 Å². The van der Waals surface area contributed by atoms with Crippen molar-refractivity contribution in [2.75, 3.05) is 62.0 Å². The van der Waals surface area contributed by atoms with E-state index in [9.17, 15) is 9.32 Å². The summed E-state index contributed by atoms with van der Waals surface area (Å²) in [5.74, 6) is 1.38. The van der Waals surface area contributed by atoms with E-state index >= 15 is 0 Å². The highest BCUT2D eigenvalue weighted by Crippen LogP contribution is 2.35. The minimum absolute atomic E-state index is 0.00902. The van der Waals surface area contributed by atoms with Crippen molar-refractivity contribution in [3.8, 4) is 5.75 Å². The minimum Gasteiger partial charge on any atom is -0.494 e. The lowest BCUT2D eigenvalue weighted by Crippen LogP contribution is -2.47. The normalized spacial score (nSPS) is 15.1. The van der Waals surface area contributed by atoms with Crippen molar-refractivity contribution in [2.24, 2.45) is 0 Å². The molecule has 3 heterocycles. The van der Waals surface area contributed by atoms with E-state index in [1.807, 2.05) is 68.6 Å². The van der Waals surface area contributed by atoms with Crippen LogP contribution in [0.25, 0.3) is 11.0 Å². The highest BCUT2D eigenvalue weighted by molar-refractivity contribution is 7.85. The maximum absolute atomic E-state index is 12.9. The molecular weight excluding hydrogens is 512 g/mol. The van der Waals surface area contributed by atoms with Gasteiger partial charge in [-0.15, -0.1) is 0 Å².